The molecular weight excluding hydrogens is 575 g/mol. The lowest BCUT2D eigenvalue weighted by molar-refractivity contribution is -0.136. The van der Waals surface area contributed by atoms with E-state index in [2.05, 4.69) is 11.8 Å². The van der Waals surface area contributed by atoms with Gasteiger partial charge in [0.05, 0.1) is 29.9 Å². The van der Waals surface area contributed by atoms with Crippen molar-refractivity contribution < 1.29 is 28.9 Å². The number of carboxylic acid groups (broad SMARTS) is 1. The molecule has 0 radical (unpaired) electrons. The van der Waals surface area contributed by atoms with Gasteiger partial charge < -0.3 is 24.6 Å². The number of halogens is 1. The molecule has 2 N–H and O–H groups in total. The van der Waals surface area contributed by atoms with E-state index in [0.29, 0.717) is 47.1 Å². The number of nitrogens with zero attached hydrogens (tertiary/aromatic N) is 4. The van der Waals surface area contributed by atoms with Crippen LogP contribution < -0.4 is 9.64 Å². The van der Waals surface area contributed by atoms with Crippen molar-refractivity contribution in [1.82, 2.24) is 14.6 Å². The van der Waals surface area contributed by atoms with Crippen LogP contribution in [0.5, 0.6) is 5.75 Å². The van der Waals surface area contributed by atoms with E-state index in [0.717, 1.165) is 55.7 Å². The standard InChI is InChI=1S/C31H33FN4O4.C4H10O/c1-20-24(18-29(37)38)30-35-12-10-31(2,11-13-35)40-15-4-3-14-39-27-9-8-23(32)17-25(27)21-6-5-7-22(16-21)26-19-28(33-20)36(30)34-26;1-4(2,3)5/h5-9,16-17,19H,3-4,10-15,18H2,1-2H3,(H,37,38);5H,1-3H3. The smallest absolute Gasteiger partial charge is 0.308 e. The first kappa shape index (κ1) is 32.4. The van der Waals surface area contributed by atoms with Crippen molar-refractivity contribution in [2.24, 2.45) is 0 Å². The third-order valence-electron chi connectivity index (χ3n) is 7.99. The molecule has 0 saturated carbocycles. The van der Waals surface area contributed by atoms with Crippen LogP contribution in [0.15, 0.2) is 48.5 Å². The highest BCUT2D eigenvalue weighted by Gasteiger charge is 2.33. The number of carboxylic acids is 1. The molecule has 10 heteroatoms. The molecule has 0 atom stereocenters. The SMILES string of the molecule is CC(C)(C)O.Cc1nc2cc3nn2c(c1CC(=O)O)N1CCC(C)(CC1)OCCCCOc1ccc(F)cc1-c1cccc-3c1. The molecular formula is C35H43FN4O5. The third-order valence-corrected chi connectivity index (χ3v) is 7.99. The van der Waals surface area contributed by atoms with Crippen LogP contribution in [0.4, 0.5) is 10.2 Å². The first-order valence-corrected chi connectivity index (χ1v) is 15.6. The Morgan fingerprint density at radius 3 is 2.44 bits per heavy atom. The average molecular weight is 619 g/mol. The number of hydrogen-bond acceptors (Lipinski definition) is 7. The molecule has 4 aromatic rings. The number of benzene rings is 2. The van der Waals surface area contributed by atoms with Gasteiger partial charge in [0.15, 0.2) is 5.65 Å². The van der Waals surface area contributed by atoms with Gasteiger partial charge in [-0.3, -0.25) is 4.79 Å². The number of ether oxygens (including phenoxy) is 2. The number of fused-ring (bicyclic) bond motifs is 7. The molecule has 0 spiro atoms. The van der Waals surface area contributed by atoms with Gasteiger partial charge >= 0.3 is 5.97 Å². The fourth-order valence-corrected chi connectivity index (χ4v) is 5.70. The Bertz CT molecular complexity index is 1660. The van der Waals surface area contributed by atoms with E-state index < -0.39 is 11.6 Å². The van der Waals surface area contributed by atoms with E-state index in [1.807, 2.05) is 37.3 Å². The number of aryl methyl sites for hydroxylation is 1. The van der Waals surface area contributed by atoms with Gasteiger partial charge in [0, 0.05) is 48.1 Å². The van der Waals surface area contributed by atoms with Crippen molar-refractivity contribution >= 4 is 17.4 Å². The highest BCUT2D eigenvalue weighted by Crippen LogP contribution is 2.36. The second-order valence-corrected chi connectivity index (χ2v) is 13.1. The maximum atomic E-state index is 14.4. The van der Waals surface area contributed by atoms with Crippen LogP contribution in [0.3, 0.4) is 0 Å². The molecule has 6 bridgehead atoms. The second kappa shape index (κ2) is 13.1. The molecule has 0 amide bonds. The average Bonchev–Trinajstić information content (AvgIpc) is 3.39. The van der Waals surface area contributed by atoms with Crippen LogP contribution in [0.1, 0.15) is 64.6 Å². The van der Waals surface area contributed by atoms with Crippen LogP contribution in [0, 0.1) is 12.7 Å². The zero-order chi connectivity index (χ0) is 32.4. The molecule has 7 rings (SSSR count). The number of aliphatic carboxylic acids is 1. The van der Waals surface area contributed by atoms with Crippen LogP contribution in [-0.2, 0) is 16.0 Å². The van der Waals surface area contributed by atoms with E-state index in [1.165, 1.54) is 12.1 Å². The fourth-order valence-electron chi connectivity index (χ4n) is 5.70. The highest BCUT2D eigenvalue weighted by atomic mass is 19.1. The molecule has 2 aromatic carbocycles. The minimum atomic E-state index is -0.908. The minimum absolute atomic E-state index is 0.137. The van der Waals surface area contributed by atoms with Gasteiger partial charge in [-0.25, -0.2) is 9.37 Å². The van der Waals surface area contributed by atoms with E-state index in [4.69, 9.17) is 24.7 Å². The van der Waals surface area contributed by atoms with E-state index in [9.17, 15) is 14.3 Å². The summed E-state index contributed by atoms with van der Waals surface area (Å²) >= 11 is 0. The van der Waals surface area contributed by atoms with Crippen LogP contribution in [0.25, 0.3) is 28.0 Å². The highest BCUT2D eigenvalue weighted by molar-refractivity contribution is 5.78. The molecule has 2 aromatic heterocycles. The van der Waals surface area contributed by atoms with Crippen LogP contribution in [-0.4, -0.2) is 68.3 Å². The quantitative estimate of drug-likeness (QED) is 0.263. The summed E-state index contributed by atoms with van der Waals surface area (Å²) in [6, 6.07) is 14.3. The Balaban J connectivity index is 0.000000743. The Hall–Kier alpha value is -4.02. The number of piperidine rings is 1. The Morgan fingerprint density at radius 1 is 1.04 bits per heavy atom. The van der Waals surface area contributed by atoms with Gasteiger partial charge in [0.1, 0.15) is 17.4 Å². The third kappa shape index (κ3) is 7.99. The van der Waals surface area contributed by atoms with Gasteiger partial charge in [-0.05, 0) is 90.1 Å². The molecule has 3 aliphatic heterocycles. The first-order chi connectivity index (χ1) is 21.3. The minimum Gasteiger partial charge on any atom is -0.493 e. The van der Waals surface area contributed by atoms with Gasteiger partial charge in [0.2, 0.25) is 0 Å². The number of hydrogen-bond donors (Lipinski definition) is 2. The van der Waals surface area contributed by atoms with Crippen molar-refractivity contribution in [2.75, 3.05) is 31.2 Å². The molecule has 0 aliphatic carbocycles. The molecule has 1 saturated heterocycles. The largest absolute Gasteiger partial charge is 0.493 e. The van der Waals surface area contributed by atoms with Crippen molar-refractivity contribution in [3.63, 3.8) is 0 Å². The maximum Gasteiger partial charge on any atom is 0.308 e. The van der Waals surface area contributed by atoms with Gasteiger partial charge in [-0.1, -0.05) is 18.2 Å². The molecule has 45 heavy (non-hydrogen) atoms. The second-order valence-electron chi connectivity index (χ2n) is 13.1. The summed E-state index contributed by atoms with van der Waals surface area (Å²) in [6.45, 7) is 11.8. The van der Waals surface area contributed by atoms with Crippen molar-refractivity contribution in [3.05, 3.63) is 65.6 Å². The van der Waals surface area contributed by atoms with Gasteiger partial charge in [0.25, 0.3) is 0 Å². The Morgan fingerprint density at radius 2 is 1.73 bits per heavy atom. The number of aromatic nitrogens is 3. The zero-order valence-electron chi connectivity index (χ0n) is 26.8. The summed E-state index contributed by atoms with van der Waals surface area (Å²) in [4.78, 5) is 18.8. The van der Waals surface area contributed by atoms with Gasteiger partial charge in [-0.15, -0.1) is 0 Å². The van der Waals surface area contributed by atoms with E-state index in [1.54, 1.807) is 31.4 Å². The molecule has 9 nitrogen and oxygen atoms in total. The summed E-state index contributed by atoms with van der Waals surface area (Å²) in [7, 11) is 0. The predicted molar refractivity (Wildman–Crippen MR) is 172 cm³/mol. The number of rotatable bonds is 2. The molecule has 240 valence electrons. The zero-order valence-corrected chi connectivity index (χ0v) is 26.8. The Labute approximate surface area is 263 Å². The summed E-state index contributed by atoms with van der Waals surface area (Å²) in [5.41, 5.74) is 4.28. The monoisotopic (exact) mass is 618 g/mol. The fraction of sp³-hybridized carbons (Fsp3) is 0.457. The summed E-state index contributed by atoms with van der Waals surface area (Å²) in [6.07, 6.45) is 3.17. The van der Waals surface area contributed by atoms with Crippen LogP contribution in [0.2, 0.25) is 0 Å². The lowest BCUT2D eigenvalue weighted by Gasteiger charge is -2.40. The topological polar surface area (TPSA) is 109 Å². The van der Waals surface area contributed by atoms with E-state index in [-0.39, 0.29) is 17.8 Å². The number of carbonyl (C=O) groups is 1. The summed E-state index contributed by atoms with van der Waals surface area (Å²) in [5.74, 6) is 0.159. The molecule has 1 fully saturated rings. The predicted octanol–water partition coefficient (Wildman–Crippen LogP) is 6.46. The van der Waals surface area contributed by atoms with E-state index >= 15 is 0 Å². The molecule has 5 heterocycles. The van der Waals surface area contributed by atoms with Crippen molar-refractivity contribution in [1.29, 1.82) is 0 Å². The number of anilines is 1. The first-order valence-electron chi connectivity index (χ1n) is 15.6. The van der Waals surface area contributed by atoms with Gasteiger partial charge in [-0.2, -0.15) is 9.61 Å². The molecule has 0 unspecified atom stereocenters. The molecule has 3 aliphatic rings. The van der Waals surface area contributed by atoms with Crippen molar-refractivity contribution in [2.45, 2.75) is 77.9 Å². The summed E-state index contributed by atoms with van der Waals surface area (Å²) in [5, 5.41) is 23.2. The lowest BCUT2D eigenvalue weighted by Crippen LogP contribution is -2.45. The lowest BCUT2D eigenvalue weighted by atomic mass is 9.93. The summed E-state index contributed by atoms with van der Waals surface area (Å²) < 4.78 is 28.6. The maximum absolute atomic E-state index is 14.4. The Kier molecular flexibility index (Phi) is 9.46. The number of aliphatic hydroxyl groups is 1. The van der Waals surface area contributed by atoms with Crippen LogP contribution >= 0.6 is 0 Å². The normalized spacial score (nSPS) is 16.6. The van der Waals surface area contributed by atoms with Crippen molar-refractivity contribution in [3.8, 4) is 28.1 Å².